The highest BCUT2D eigenvalue weighted by Crippen LogP contribution is 2.37. The fraction of sp³-hybridized carbons (Fsp3) is 0.583. The second-order valence-corrected chi connectivity index (χ2v) is 7.79. The second kappa shape index (κ2) is 5.32. The molecule has 0 aromatic carbocycles. The maximum Gasteiger partial charge on any atom is 0.175 e. The summed E-state index contributed by atoms with van der Waals surface area (Å²) in [6, 6.07) is 1.94. The summed E-state index contributed by atoms with van der Waals surface area (Å²) in [6.45, 7) is 2.25. The van der Waals surface area contributed by atoms with Gasteiger partial charge in [0, 0.05) is 10.4 Å². The Hall–Kier alpha value is 0.330. The van der Waals surface area contributed by atoms with E-state index in [1.165, 1.54) is 24.2 Å². The van der Waals surface area contributed by atoms with E-state index < -0.39 is 0 Å². The van der Waals surface area contributed by atoms with Gasteiger partial charge in [0.1, 0.15) is 0 Å². The van der Waals surface area contributed by atoms with E-state index in [1.807, 2.05) is 6.07 Å². The number of carbonyl (C=O) groups is 1. The Morgan fingerprint density at radius 3 is 2.75 bits per heavy atom. The molecule has 0 radical (unpaired) electrons. The maximum atomic E-state index is 12.3. The van der Waals surface area contributed by atoms with Crippen LogP contribution < -0.4 is 0 Å². The van der Waals surface area contributed by atoms with Crippen molar-refractivity contribution in [3.8, 4) is 0 Å². The zero-order valence-electron chi connectivity index (χ0n) is 9.13. The third-order valence-corrected chi connectivity index (χ3v) is 6.47. The van der Waals surface area contributed by atoms with Gasteiger partial charge in [-0.3, -0.25) is 4.79 Å². The molecule has 0 spiro atoms. The number of thiophene rings is 1. The molecule has 2 rings (SSSR count). The summed E-state index contributed by atoms with van der Waals surface area (Å²) >= 11 is 8.41. The number of ketones is 1. The summed E-state index contributed by atoms with van der Waals surface area (Å²) in [5, 5.41) is 0. The lowest BCUT2D eigenvalue weighted by atomic mass is 9.80. The molecule has 88 valence electrons. The molecule has 1 fully saturated rings. The van der Waals surface area contributed by atoms with Crippen LogP contribution in [-0.4, -0.2) is 5.78 Å². The fourth-order valence-electron chi connectivity index (χ4n) is 2.34. The Bertz CT molecular complexity index is 380. The monoisotopic (exact) mass is 364 g/mol. The molecule has 0 saturated heterocycles. The minimum atomic E-state index is 0.251. The first-order valence-electron chi connectivity index (χ1n) is 5.57. The Kier molecular flexibility index (Phi) is 4.25. The molecule has 0 aliphatic heterocycles. The Balaban J connectivity index is 2.12. The number of hydrogen-bond acceptors (Lipinski definition) is 2. The van der Waals surface area contributed by atoms with E-state index in [4.69, 9.17) is 0 Å². The normalized spacial score (nSPS) is 25.7. The van der Waals surface area contributed by atoms with Crippen molar-refractivity contribution in [2.45, 2.75) is 32.6 Å². The van der Waals surface area contributed by atoms with Gasteiger partial charge >= 0.3 is 0 Å². The van der Waals surface area contributed by atoms with Gasteiger partial charge < -0.3 is 0 Å². The SMILES string of the molecule is CC1CCCC(C(=O)c2cc(Br)c(Br)s2)C1. The molecular formula is C12H14Br2OS. The predicted molar refractivity (Wildman–Crippen MR) is 75.2 cm³/mol. The van der Waals surface area contributed by atoms with E-state index in [2.05, 4.69) is 38.8 Å². The predicted octanol–water partition coefficient (Wildman–Crippen LogP) is 5.28. The lowest BCUT2D eigenvalue weighted by Crippen LogP contribution is -2.21. The van der Waals surface area contributed by atoms with Crippen molar-refractivity contribution in [3.63, 3.8) is 0 Å². The largest absolute Gasteiger partial charge is 0.293 e. The van der Waals surface area contributed by atoms with E-state index in [-0.39, 0.29) is 5.92 Å². The fourth-order valence-corrected chi connectivity index (χ4v) is 4.40. The zero-order chi connectivity index (χ0) is 11.7. The van der Waals surface area contributed by atoms with Crippen molar-refractivity contribution in [1.82, 2.24) is 0 Å². The number of carbonyl (C=O) groups excluding carboxylic acids is 1. The number of hydrogen-bond donors (Lipinski definition) is 0. The molecule has 2 atom stereocenters. The van der Waals surface area contributed by atoms with Crippen LogP contribution in [0.3, 0.4) is 0 Å². The minimum absolute atomic E-state index is 0.251. The maximum absolute atomic E-state index is 12.3. The highest BCUT2D eigenvalue weighted by molar-refractivity contribution is 9.13. The summed E-state index contributed by atoms with van der Waals surface area (Å²) in [7, 11) is 0. The molecule has 1 nitrogen and oxygen atoms in total. The minimum Gasteiger partial charge on any atom is -0.293 e. The van der Waals surface area contributed by atoms with Crippen LogP contribution >= 0.6 is 43.2 Å². The van der Waals surface area contributed by atoms with Gasteiger partial charge in [-0.2, -0.15) is 0 Å². The summed E-state index contributed by atoms with van der Waals surface area (Å²) in [6.07, 6.45) is 4.61. The van der Waals surface area contributed by atoms with Gasteiger partial charge in [0.2, 0.25) is 0 Å². The first-order chi connectivity index (χ1) is 7.58. The molecule has 1 aliphatic rings. The van der Waals surface area contributed by atoms with Crippen LogP contribution in [0.5, 0.6) is 0 Å². The molecule has 0 bridgehead atoms. The van der Waals surface area contributed by atoms with E-state index >= 15 is 0 Å². The van der Waals surface area contributed by atoms with Crippen LogP contribution in [0.25, 0.3) is 0 Å². The van der Waals surface area contributed by atoms with Crippen molar-refractivity contribution in [2.24, 2.45) is 11.8 Å². The second-order valence-electron chi connectivity index (χ2n) is 4.57. The molecule has 1 aromatic rings. The molecule has 0 amide bonds. The first-order valence-corrected chi connectivity index (χ1v) is 7.97. The smallest absolute Gasteiger partial charge is 0.175 e. The standard InChI is InChI=1S/C12H14Br2OS/c1-7-3-2-4-8(5-7)11(15)10-6-9(13)12(14)16-10/h6-8H,2-5H2,1H3. The Labute approximate surface area is 117 Å². The average Bonchev–Trinajstić information content (AvgIpc) is 2.58. The molecule has 1 aromatic heterocycles. The van der Waals surface area contributed by atoms with Gasteiger partial charge in [-0.05, 0) is 56.7 Å². The van der Waals surface area contributed by atoms with Gasteiger partial charge in [0.15, 0.2) is 5.78 Å². The average molecular weight is 366 g/mol. The summed E-state index contributed by atoms with van der Waals surface area (Å²) in [5.74, 6) is 1.29. The van der Waals surface area contributed by atoms with Crippen LogP contribution in [0.2, 0.25) is 0 Å². The van der Waals surface area contributed by atoms with Gasteiger partial charge in [0.25, 0.3) is 0 Å². The van der Waals surface area contributed by atoms with E-state index in [0.29, 0.717) is 11.7 Å². The van der Waals surface area contributed by atoms with Crippen LogP contribution in [0.1, 0.15) is 42.3 Å². The molecule has 4 heteroatoms. The molecular weight excluding hydrogens is 352 g/mol. The van der Waals surface area contributed by atoms with Crippen LogP contribution in [-0.2, 0) is 0 Å². The van der Waals surface area contributed by atoms with Gasteiger partial charge in [-0.25, -0.2) is 0 Å². The van der Waals surface area contributed by atoms with Crippen LogP contribution in [0, 0.1) is 11.8 Å². The van der Waals surface area contributed by atoms with Crippen molar-refractivity contribution in [1.29, 1.82) is 0 Å². The Morgan fingerprint density at radius 2 is 2.19 bits per heavy atom. The first kappa shape index (κ1) is 12.8. The molecule has 2 unspecified atom stereocenters. The third kappa shape index (κ3) is 2.77. The van der Waals surface area contributed by atoms with Gasteiger partial charge in [-0.1, -0.05) is 19.8 Å². The van der Waals surface area contributed by atoms with Crippen molar-refractivity contribution in [2.75, 3.05) is 0 Å². The summed E-state index contributed by atoms with van der Waals surface area (Å²) in [5.41, 5.74) is 0. The lowest BCUT2D eigenvalue weighted by molar-refractivity contribution is 0.0872. The van der Waals surface area contributed by atoms with Crippen molar-refractivity contribution in [3.05, 3.63) is 19.2 Å². The number of rotatable bonds is 2. The Morgan fingerprint density at radius 1 is 1.44 bits per heavy atom. The van der Waals surface area contributed by atoms with Gasteiger partial charge in [-0.15, -0.1) is 11.3 Å². The summed E-state index contributed by atoms with van der Waals surface area (Å²) < 4.78 is 2.00. The molecule has 16 heavy (non-hydrogen) atoms. The number of Topliss-reactive ketones (excluding diaryl/α,β-unsaturated/α-hetero) is 1. The number of halogens is 2. The highest BCUT2D eigenvalue weighted by atomic mass is 79.9. The van der Waals surface area contributed by atoms with E-state index in [9.17, 15) is 4.79 Å². The van der Waals surface area contributed by atoms with Crippen LogP contribution in [0.4, 0.5) is 0 Å². The molecule has 1 saturated carbocycles. The zero-order valence-corrected chi connectivity index (χ0v) is 13.1. The van der Waals surface area contributed by atoms with Gasteiger partial charge in [0.05, 0.1) is 8.66 Å². The van der Waals surface area contributed by atoms with Crippen molar-refractivity contribution >= 4 is 49.0 Å². The molecule has 1 aliphatic carbocycles. The lowest BCUT2D eigenvalue weighted by Gasteiger charge is -2.25. The highest BCUT2D eigenvalue weighted by Gasteiger charge is 2.27. The quantitative estimate of drug-likeness (QED) is 0.651. The van der Waals surface area contributed by atoms with Crippen LogP contribution in [0.15, 0.2) is 14.3 Å². The van der Waals surface area contributed by atoms with E-state index in [1.54, 1.807) is 0 Å². The van der Waals surface area contributed by atoms with Crippen molar-refractivity contribution < 1.29 is 4.79 Å². The van der Waals surface area contributed by atoms with E-state index in [0.717, 1.165) is 26.0 Å². The summed E-state index contributed by atoms with van der Waals surface area (Å²) in [4.78, 5) is 13.2. The third-order valence-electron chi connectivity index (χ3n) is 3.20. The molecule has 1 heterocycles. The topological polar surface area (TPSA) is 17.1 Å². The molecule has 0 N–H and O–H groups in total.